The largest absolute Gasteiger partial charge is 0.495 e. The van der Waals surface area contributed by atoms with Gasteiger partial charge >= 0.3 is 0 Å². The molecular weight excluding hydrogens is 386 g/mol. The highest BCUT2D eigenvalue weighted by atomic mass is 32.1. The Labute approximate surface area is 178 Å². The summed E-state index contributed by atoms with van der Waals surface area (Å²) in [6.45, 7) is 4.39. The van der Waals surface area contributed by atoms with Gasteiger partial charge in [0.15, 0.2) is 16.6 Å². The molecule has 0 bridgehead atoms. The number of nitrogens with zero attached hydrogens (tertiary/aromatic N) is 2. The molecule has 1 fully saturated rings. The van der Waals surface area contributed by atoms with E-state index in [1.807, 2.05) is 30.3 Å². The number of rotatable bonds is 7. The first-order chi connectivity index (χ1) is 14.2. The fourth-order valence-electron chi connectivity index (χ4n) is 3.50. The van der Waals surface area contributed by atoms with Crippen LogP contribution in [0, 0.1) is 0 Å². The smallest absolute Gasteiger partial charge is 0.169 e. The molecule has 0 aromatic heterocycles. The third-order valence-electron chi connectivity index (χ3n) is 5.13. The van der Waals surface area contributed by atoms with Crippen molar-refractivity contribution in [1.29, 1.82) is 0 Å². The second kappa shape index (κ2) is 10.2. The van der Waals surface area contributed by atoms with Gasteiger partial charge in [-0.05, 0) is 48.5 Å². The van der Waals surface area contributed by atoms with Crippen molar-refractivity contribution in [2.75, 3.05) is 59.0 Å². The van der Waals surface area contributed by atoms with Crippen LogP contribution in [0.1, 0.15) is 5.56 Å². The number of methoxy groups -OCH3 is 3. The average molecular weight is 416 g/mol. The molecule has 7 heteroatoms. The van der Waals surface area contributed by atoms with Gasteiger partial charge in [-0.25, -0.2) is 0 Å². The number of nitrogens with one attached hydrogen (secondary N) is 1. The lowest BCUT2D eigenvalue weighted by atomic mass is 10.1. The lowest BCUT2D eigenvalue weighted by Gasteiger charge is -2.37. The SMILES string of the molecule is COc1ccc(CCNC(=S)N2CCN(c3ccccc3OC)CC2)cc1OC. The lowest BCUT2D eigenvalue weighted by molar-refractivity contribution is 0.354. The van der Waals surface area contributed by atoms with Crippen LogP contribution in [0.15, 0.2) is 42.5 Å². The van der Waals surface area contributed by atoms with E-state index in [1.165, 1.54) is 5.56 Å². The number of hydrogen-bond donors (Lipinski definition) is 1. The molecule has 2 aromatic rings. The Morgan fingerprint density at radius 1 is 0.897 bits per heavy atom. The van der Waals surface area contributed by atoms with Crippen LogP contribution in [0.3, 0.4) is 0 Å². The predicted octanol–water partition coefficient (Wildman–Crippen LogP) is 2.95. The van der Waals surface area contributed by atoms with Crippen molar-refractivity contribution in [2.45, 2.75) is 6.42 Å². The van der Waals surface area contributed by atoms with E-state index in [2.05, 4.69) is 27.2 Å². The zero-order valence-electron chi connectivity index (χ0n) is 17.3. The number of ether oxygens (including phenoxy) is 3. The summed E-state index contributed by atoms with van der Waals surface area (Å²) in [6.07, 6.45) is 0.863. The van der Waals surface area contributed by atoms with E-state index >= 15 is 0 Å². The molecule has 2 aromatic carbocycles. The fourth-order valence-corrected chi connectivity index (χ4v) is 3.79. The van der Waals surface area contributed by atoms with Crippen LogP contribution in [0.4, 0.5) is 5.69 Å². The first-order valence-corrected chi connectivity index (χ1v) is 10.2. The van der Waals surface area contributed by atoms with Crippen LogP contribution < -0.4 is 24.4 Å². The van der Waals surface area contributed by atoms with Crippen molar-refractivity contribution in [3.05, 3.63) is 48.0 Å². The van der Waals surface area contributed by atoms with E-state index in [-0.39, 0.29) is 0 Å². The molecule has 156 valence electrons. The summed E-state index contributed by atoms with van der Waals surface area (Å²) in [5.41, 5.74) is 2.32. The highest BCUT2D eigenvalue weighted by Gasteiger charge is 2.20. The van der Waals surface area contributed by atoms with Gasteiger partial charge < -0.3 is 29.3 Å². The molecule has 6 nitrogen and oxygen atoms in total. The molecule has 0 unspecified atom stereocenters. The van der Waals surface area contributed by atoms with Crippen molar-refractivity contribution < 1.29 is 14.2 Å². The number of piperazine rings is 1. The van der Waals surface area contributed by atoms with Gasteiger partial charge in [0, 0.05) is 32.7 Å². The van der Waals surface area contributed by atoms with Crippen LogP contribution >= 0.6 is 12.2 Å². The summed E-state index contributed by atoms with van der Waals surface area (Å²) in [5, 5.41) is 4.20. The maximum atomic E-state index is 5.61. The molecule has 1 N–H and O–H groups in total. The van der Waals surface area contributed by atoms with Gasteiger partial charge in [-0.3, -0.25) is 0 Å². The third-order valence-corrected chi connectivity index (χ3v) is 5.53. The summed E-state index contributed by atoms with van der Waals surface area (Å²) in [4.78, 5) is 4.58. The van der Waals surface area contributed by atoms with Crippen LogP contribution in [-0.4, -0.2) is 64.1 Å². The van der Waals surface area contributed by atoms with E-state index in [4.69, 9.17) is 26.4 Å². The second-order valence-electron chi connectivity index (χ2n) is 6.82. The van der Waals surface area contributed by atoms with Crippen molar-refractivity contribution in [3.8, 4) is 17.2 Å². The van der Waals surface area contributed by atoms with Crippen molar-refractivity contribution >= 4 is 23.0 Å². The van der Waals surface area contributed by atoms with Gasteiger partial charge in [-0.15, -0.1) is 0 Å². The highest BCUT2D eigenvalue weighted by Crippen LogP contribution is 2.29. The second-order valence-corrected chi connectivity index (χ2v) is 7.20. The Morgan fingerprint density at radius 3 is 2.28 bits per heavy atom. The molecule has 1 heterocycles. The first-order valence-electron chi connectivity index (χ1n) is 9.78. The summed E-state index contributed by atoms with van der Waals surface area (Å²) in [7, 11) is 5.01. The van der Waals surface area contributed by atoms with E-state index < -0.39 is 0 Å². The number of thiocarbonyl (C=S) groups is 1. The van der Waals surface area contributed by atoms with Crippen LogP contribution in [0.2, 0.25) is 0 Å². The van der Waals surface area contributed by atoms with Gasteiger partial charge in [0.05, 0.1) is 27.0 Å². The zero-order chi connectivity index (χ0) is 20.6. The normalized spacial score (nSPS) is 13.8. The third kappa shape index (κ3) is 5.23. The van der Waals surface area contributed by atoms with Gasteiger partial charge in [0.1, 0.15) is 5.75 Å². The predicted molar refractivity (Wildman–Crippen MR) is 121 cm³/mol. The minimum absolute atomic E-state index is 0.743. The van der Waals surface area contributed by atoms with Crippen molar-refractivity contribution in [1.82, 2.24) is 10.2 Å². The molecule has 0 aliphatic carbocycles. The maximum absolute atomic E-state index is 5.61. The van der Waals surface area contributed by atoms with E-state index in [0.29, 0.717) is 0 Å². The number of benzene rings is 2. The highest BCUT2D eigenvalue weighted by molar-refractivity contribution is 7.80. The minimum atomic E-state index is 0.743. The van der Waals surface area contributed by atoms with Gasteiger partial charge in [0.2, 0.25) is 0 Å². The Morgan fingerprint density at radius 2 is 1.59 bits per heavy atom. The summed E-state index contributed by atoms with van der Waals surface area (Å²) in [5.74, 6) is 2.41. The number of anilines is 1. The Balaban J connectivity index is 1.47. The molecular formula is C22H29N3O3S. The molecule has 0 saturated carbocycles. The standard InChI is InChI=1S/C22H29N3O3S/c1-26-19-7-5-4-6-18(19)24-12-14-25(15-13-24)22(29)23-11-10-17-8-9-20(27-2)21(16-17)28-3/h4-9,16H,10-15H2,1-3H3,(H,23,29). The molecule has 0 spiro atoms. The Hall–Kier alpha value is -2.67. The molecule has 0 amide bonds. The van der Waals surface area contributed by atoms with Crippen molar-refractivity contribution in [3.63, 3.8) is 0 Å². The van der Waals surface area contributed by atoms with Crippen LogP contribution in [0.5, 0.6) is 17.2 Å². The number of para-hydroxylation sites is 2. The molecule has 1 aliphatic rings. The number of hydrogen-bond acceptors (Lipinski definition) is 5. The minimum Gasteiger partial charge on any atom is -0.495 e. The Kier molecular flexibility index (Phi) is 7.41. The maximum Gasteiger partial charge on any atom is 0.169 e. The van der Waals surface area contributed by atoms with Gasteiger partial charge in [-0.2, -0.15) is 0 Å². The molecule has 1 saturated heterocycles. The summed E-state index contributed by atoms with van der Waals surface area (Å²) >= 11 is 5.61. The quantitative estimate of drug-likeness (QED) is 0.698. The van der Waals surface area contributed by atoms with Gasteiger partial charge in [0.25, 0.3) is 0 Å². The van der Waals surface area contributed by atoms with E-state index in [0.717, 1.165) is 67.2 Å². The summed E-state index contributed by atoms with van der Waals surface area (Å²) in [6, 6.07) is 14.1. The Bertz CT molecular complexity index is 823. The van der Waals surface area contributed by atoms with Crippen molar-refractivity contribution in [2.24, 2.45) is 0 Å². The topological polar surface area (TPSA) is 46.2 Å². The average Bonchev–Trinajstić information content (AvgIpc) is 2.78. The molecule has 1 aliphatic heterocycles. The fraction of sp³-hybridized carbons (Fsp3) is 0.409. The van der Waals surface area contributed by atoms with E-state index in [9.17, 15) is 0 Å². The molecule has 3 rings (SSSR count). The van der Waals surface area contributed by atoms with Gasteiger partial charge in [-0.1, -0.05) is 18.2 Å². The summed E-state index contributed by atoms with van der Waals surface area (Å²) < 4.78 is 16.1. The molecule has 0 radical (unpaired) electrons. The zero-order valence-corrected chi connectivity index (χ0v) is 18.1. The lowest BCUT2D eigenvalue weighted by Crippen LogP contribution is -2.52. The monoisotopic (exact) mass is 415 g/mol. The molecule has 0 atom stereocenters. The first kappa shape index (κ1) is 21.0. The van der Waals surface area contributed by atoms with E-state index in [1.54, 1.807) is 21.3 Å². The van der Waals surface area contributed by atoms with Crippen LogP contribution in [0.25, 0.3) is 0 Å². The van der Waals surface area contributed by atoms with Crippen LogP contribution in [-0.2, 0) is 6.42 Å². The molecule has 29 heavy (non-hydrogen) atoms.